The van der Waals surface area contributed by atoms with Crippen LogP contribution in [-0.2, 0) is 0 Å². The van der Waals surface area contributed by atoms with Gasteiger partial charge >= 0.3 is 0 Å². The molecule has 11 aromatic rings. The van der Waals surface area contributed by atoms with Gasteiger partial charge < -0.3 is 13.7 Å². The number of fused-ring (bicyclic) bond motifs is 9. The Morgan fingerprint density at radius 2 is 0.782 bits per heavy atom. The highest BCUT2D eigenvalue weighted by atomic mass is 15.0. The molecule has 0 aliphatic carbocycles. The van der Waals surface area contributed by atoms with E-state index in [1.165, 1.54) is 32.6 Å². The van der Waals surface area contributed by atoms with E-state index in [4.69, 9.17) is 0 Å². The van der Waals surface area contributed by atoms with Crippen LogP contribution in [0.2, 0.25) is 0 Å². The average Bonchev–Trinajstić information content (AvgIpc) is 3.88. The minimum atomic E-state index is 0.589. The molecule has 0 unspecified atom stereocenters. The molecule has 254 valence electrons. The van der Waals surface area contributed by atoms with E-state index in [1.54, 1.807) is 0 Å². The molecule has 0 bridgehead atoms. The fourth-order valence-corrected chi connectivity index (χ4v) is 8.73. The summed E-state index contributed by atoms with van der Waals surface area (Å²) in [5, 5.41) is 26.7. The summed E-state index contributed by atoms with van der Waals surface area (Å²) in [5.74, 6) is 0. The van der Waals surface area contributed by atoms with Gasteiger partial charge in [0.2, 0.25) is 0 Å². The molecular weight excluding hydrogens is 671 g/mol. The molecule has 0 spiro atoms. The molecule has 0 saturated carbocycles. The van der Waals surface area contributed by atoms with E-state index in [2.05, 4.69) is 153 Å². The van der Waals surface area contributed by atoms with E-state index in [0.717, 1.165) is 61.0 Å². The molecule has 0 fully saturated rings. The number of nitrogens with zero attached hydrogens (tertiary/aromatic N) is 5. The van der Waals surface area contributed by atoms with Crippen molar-refractivity contribution in [3.8, 4) is 40.3 Å². The van der Waals surface area contributed by atoms with Crippen LogP contribution in [0, 0.1) is 22.7 Å². The quantitative estimate of drug-likeness (QED) is 0.184. The van der Waals surface area contributed by atoms with E-state index < -0.39 is 0 Å². The first kappa shape index (κ1) is 30.7. The van der Waals surface area contributed by atoms with Crippen molar-refractivity contribution in [2.75, 3.05) is 0 Å². The number of aromatic nitrogens is 3. The van der Waals surface area contributed by atoms with Gasteiger partial charge in [0, 0.05) is 49.3 Å². The lowest BCUT2D eigenvalue weighted by atomic mass is 10.00. The van der Waals surface area contributed by atoms with Crippen LogP contribution in [-0.4, -0.2) is 13.7 Å². The third-order valence-electron chi connectivity index (χ3n) is 11.1. The Morgan fingerprint density at radius 1 is 0.327 bits per heavy atom. The van der Waals surface area contributed by atoms with Crippen molar-refractivity contribution >= 4 is 65.4 Å². The van der Waals surface area contributed by atoms with Gasteiger partial charge in [-0.15, -0.1) is 0 Å². The normalized spacial score (nSPS) is 11.6. The maximum atomic E-state index is 10.1. The number of hydrogen-bond acceptors (Lipinski definition) is 2. The van der Waals surface area contributed by atoms with Gasteiger partial charge in [-0.1, -0.05) is 84.9 Å². The Hall–Kier alpha value is -7.86. The van der Waals surface area contributed by atoms with Gasteiger partial charge in [0.1, 0.15) is 0 Å². The van der Waals surface area contributed by atoms with Crippen LogP contribution in [0.25, 0.3) is 93.6 Å². The van der Waals surface area contributed by atoms with Gasteiger partial charge in [-0.3, -0.25) is 0 Å². The second kappa shape index (κ2) is 11.8. The molecule has 0 amide bonds. The first-order valence-corrected chi connectivity index (χ1v) is 18.3. The fourth-order valence-electron chi connectivity index (χ4n) is 8.73. The Bertz CT molecular complexity index is 3420. The van der Waals surface area contributed by atoms with Crippen molar-refractivity contribution in [1.29, 1.82) is 10.5 Å². The van der Waals surface area contributed by atoms with Crippen LogP contribution in [0.4, 0.5) is 0 Å². The van der Waals surface area contributed by atoms with Crippen LogP contribution >= 0.6 is 0 Å². The van der Waals surface area contributed by atoms with Crippen molar-refractivity contribution in [3.05, 3.63) is 187 Å². The Labute approximate surface area is 316 Å². The largest absolute Gasteiger partial charge is 0.309 e. The monoisotopic (exact) mass is 699 g/mol. The fraction of sp³-hybridized carbons (Fsp3) is 0. The van der Waals surface area contributed by atoms with Crippen LogP contribution in [0.15, 0.2) is 176 Å². The lowest BCUT2D eigenvalue weighted by molar-refractivity contribution is 1.16. The summed E-state index contributed by atoms with van der Waals surface area (Å²) in [6.45, 7) is 0. The molecule has 0 atom stereocenters. The van der Waals surface area contributed by atoms with Crippen molar-refractivity contribution in [2.24, 2.45) is 0 Å². The molecule has 3 heterocycles. The summed E-state index contributed by atoms with van der Waals surface area (Å²) in [7, 11) is 0. The van der Waals surface area contributed by atoms with Crippen LogP contribution < -0.4 is 0 Å². The highest BCUT2D eigenvalue weighted by Crippen LogP contribution is 2.40. The lowest BCUT2D eigenvalue weighted by Crippen LogP contribution is -1.99. The van der Waals surface area contributed by atoms with E-state index in [9.17, 15) is 10.5 Å². The minimum absolute atomic E-state index is 0.589. The molecule has 0 radical (unpaired) electrons. The molecule has 11 rings (SSSR count). The predicted molar refractivity (Wildman–Crippen MR) is 224 cm³/mol. The smallest absolute Gasteiger partial charge is 0.0991 e. The predicted octanol–water partition coefficient (Wildman–Crippen LogP) is 12.4. The number of hydrogen-bond donors (Lipinski definition) is 0. The van der Waals surface area contributed by atoms with Gasteiger partial charge in [0.05, 0.1) is 62.1 Å². The highest BCUT2D eigenvalue weighted by molar-refractivity contribution is 6.13. The molecule has 8 aromatic carbocycles. The van der Waals surface area contributed by atoms with Crippen molar-refractivity contribution in [1.82, 2.24) is 13.7 Å². The second-order valence-electron chi connectivity index (χ2n) is 14.0. The van der Waals surface area contributed by atoms with Crippen LogP contribution in [0.1, 0.15) is 11.1 Å². The van der Waals surface area contributed by atoms with Crippen molar-refractivity contribution < 1.29 is 0 Å². The molecule has 3 aromatic heterocycles. The Morgan fingerprint density at radius 3 is 1.40 bits per heavy atom. The molecule has 55 heavy (non-hydrogen) atoms. The maximum absolute atomic E-state index is 10.1. The zero-order valence-electron chi connectivity index (χ0n) is 29.5. The van der Waals surface area contributed by atoms with E-state index in [-0.39, 0.29) is 0 Å². The zero-order chi connectivity index (χ0) is 36.6. The van der Waals surface area contributed by atoms with Gasteiger partial charge in [-0.25, -0.2) is 0 Å². The van der Waals surface area contributed by atoms with Crippen molar-refractivity contribution in [2.45, 2.75) is 0 Å². The first-order chi connectivity index (χ1) is 27.2. The zero-order valence-corrected chi connectivity index (χ0v) is 29.5. The summed E-state index contributed by atoms with van der Waals surface area (Å²) in [6, 6.07) is 66.0. The Balaban J connectivity index is 1.13. The third-order valence-corrected chi connectivity index (χ3v) is 11.1. The summed E-state index contributed by atoms with van der Waals surface area (Å²) in [5.41, 5.74) is 12.9. The summed E-state index contributed by atoms with van der Waals surface area (Å²) in [6.07, 6.45) is 0. The SMILES string of the molecule is N#Cc1ccc(-n2c3ccccc3c3cc(C#N)ccc32)c(-c2cccc(-n3c4ccccc4c4cc(-n5c6ccccc6c6ccccc65)ccc43)c2)c1. The van der Waals surface area contributed by atoms with Gasteiger partial charge in [-0.05, 0) is 96.6 Å². The first-order valence-electron chi connectivity index (χ1n) is 18.3. The van der Waals surface area contributed by atoms with Crippen LogP contribution in [0.3, 0.4) is 0 Å². The van der Waals surface area contributed by atoms with E-state index >= 15 is 0 Å². The highest BCUT2D eigenvalue weighted by Gasteiger charge is 2.19. The molecular formula is C50H29N5. The van der Waals surface area contributed by atoms with Gasteiger partial charge in [0.15, 0.2) is 0 Å². The average molecular weight is 700 g/mol. The molecule has 5 nitrogen and oxygen atoms in total. The number of rotatable bonds is 4. The summed E-state index contributed by atoms with van der Waals surface area (Å²) >= 11 is 0. The topological polar surface area (TPSA) is 62.4 Å². The third kappa shape index (κ3) is 4.51. The van der Waals surface area contributed by atoms with Gasteiger partial charge in [0.25, 0.3) is 0 Å². The van der Waals surface area contributed by atoms with E-state index in [1.807, 2.05) is 48.5 Å². The standard InChI is InChI=1S/C50H29N5/c51-30-32-20-23-48(55-47-19-8-4-14-39(47)42-27-33(31-52)21-24-50(42)55)41(26-32)34-10-9-11-35(28-34)53-46-18-7-3-15-40(46)43-29-36(22-25-49(43)53)54-44-16-5-1-12-37(44)38-13-2-6-17-45(38)54/h1-29H. The van der Waals surface area contributed by atoms with Crippen LogP contribution in [0.5, 0.6) is 0 Å². The molecule has 0 aliphatic rings. The second-order valence-corrected chi connectivity index (χ2v) is 14.0. The number of nitriles is 2. The molecule has 0 aliphatic heterocycles. The molecule has 5 heteroatoms. The van der Waals surface area contributed by atoms with Crippen molar-refractivity contribution in [3.63, 3.8) is 0 Å². The molecule has 0 N–H and O–H groups in total. The lowest BCUT2D eigenvalue weighted by Gasteiger charge is -2.16. The van der Waals surface area contributed by atoms with Gasteiger partial charge in [-0.2, -0.15) is 10.5 Å². The maximum Gasteiger partial charge on any atom is 0.0991 e. The number of para-hydroxylation sites is 4. The minimum Gasteiger partial charge on any atom is -0.309 e. The molecule has 0 saturated heterocycles. The number of benzene rings is 8. The summed E-state index contributed by atoms with van der Waals surface area (Å²) < 4.78 is 6.98. The van der Waals surface area contributed by atoms with E-state index in [0.29, 0.717) is 11.1 Å². The summed E-state index contributed by atoms with van der Waals surface area (Å²) in [4.78, 5) is 0. The Kier molecular flexibility index (Phi) is 6.61.